The Bertz CT molecular complexity index is 1590. The smallest absolute Gasteiger partial charge is 0.0137 e. The van der Waals surface area contributed by atoms with Crippen molar-refractivity contribution in [2.24, 2.45) is 0 Å². The molecule has 0 amide bonds. The van der Waals surface area contributed by atoms with Crippen LogP contribution in [0.5, 0.6) is 0 Å². The maximum atomic E-state index is 3.55. The van der Waals surface area contributed by atoms with Gasteiger partial charge in [0.15, 0.2) is 0 Å². The first-order valence-corrected chi connectivity index (χ1v) is 23.6. The molecule has 1 rings (SSSR count). The molecule has 0 spiro atoms. The lowest BCUT2D eigenvalue weighted by molar-refractivity contribution is 0.740. The van der Waals surface area contributed by atoms with Crippen LogP contribution >= 0.6 is 12.4 Å². The predicted octanol–water partition coefficient (Wildman–Crippen LogP) is 18.7. The molecule has 0 aliphatic carbocycles. The van der Waals surface area contributed by atoms with Crippen molar-refractivity contribution in [1.29, 1.82) is 0 Å². The molecule has 0 saturated carbocycles. The summed E-state index contributed by atoms with van der Waals surface area (Å²) in [6, 6.07) is 10.7. The number of hydrogen-bond acceptors (Lipinski definition) is 1. The Hall–Kier alpha value is -3.13. The molecule has 336 valence electrons. The average molecular weight is 839 g/mol. The highest BCUT2D eigenvalue weighted by Gasteiger charge is 1.98. The molecule has 1 aromatic carbocycles. The van der Waals surface area contributed by atoms with Crippen LogP contribution in [0.25, 0.3) is 0 Å². The first-order chi connectivity index (χ1) is 28.3. The standard InChI is InChI=1S/C58H91N.ClH/c1-48(2)24-15-25-49(3)26-16-27-50(4)28-17-29-51(5)30-18-31-52(6)32-19-33-53(7)34-20-35-54(8)36-21-37-55(9)38-22-39-56(10)40-23-41-57(11)44-46-59-47-45-58-42-13-12-14-43-58;/h12-14,24,26,28,30,32,34,36,38,40,42-44,59H,15-23,25,27,29,31,33,35,37,39,41,45-47H2,1-11H3;1H/b49-26+,50-28+,51-30+,52-32+,53-34+,54-36+,55-38+,56-40+,57-44+;. The lowest BCUT2D eigenvalue weighted by Gasteiger charge is -2.05. The summed E-state index contributed by atoms with van der Waals surface area (Å²) in [6.45, 7) is 27.0. The topological polar surface area (TPSA) is 12.0 Å². The van der Waals surface area contributed by atoms with E-state index in [0.717, 1.165) is 70.9 Å². The molecule has 0 atom stereocenters. The fourth-order valence-electron chi connectivity index (χ4n) is 7.10. The van der Waals surface area contributed by atoms with Gasteiger partial charge in [0.1, 0.15) is 0 Å². The van der Waals surface area contributed by atoms with Gasteiger partial charge in [-0.05, 0) is 210 Å². The molecule has 0 saturated heterocycles. The van der Waals surface area contributed by atoms with Crippen LogP contribution in [0.4, 0.5) is 0 Å². The summed E-state index contributed by atoms with van der Waals surface area (Å²) >= 11 is 0. The number of nitrogens with one attached hydrogen (secondary N) is 1. The Morgan fingerprint density at radius 3 is 0.867 bits per heavy atom. The third kappa shape index (κ3) is 35.6. The second-order valence-electron chi connectivity index (χ2n) is 18.0. The number of hydrogen-bond donors (Lipinski definition) is 1. The lowest BCUT2D eigenvalue weighted by Crippen LogP contribution is -2.17. The Kier molecular flexibility index (Phi) is 35.7. The zero-order chi connectivity index (χ0) is 43.5. The molecule has 0 fully saturated rings. The largest absolute Gasteiger partial charge is 0.313 e. The summed E-state index contributed by atoms with van der Waals surface area (Å²) in [5.74, 6) is 0. The number of rotatable bonds is 32. The van der Waals surface area contributed by atoms with Crippen LogP contribution in [0.15, 0.2) is 147 Å². The summed E-state index contributed by atoms with van der Waals surface area (Å²) < 4.78 is 0. The molecule has 1 N–H and O–H groups in total. The van der Waals surface area contributed by atoms with Crippen molar-refractivity contribution in [1.82, 2.24) is 5.32 Å². The molecule has 0 radical (unpaired) electrons. The van der Waals surface area contributed by atoms with Crippen molar-refractivity contribution < 1.29 is 0 Å². The van der Waals surface area contributed by atoms with Gasteiger partial charge in [-0.25, -0.2) is 0 Å². The number of benzene rings is 1. The van der Waals surface area contributed by atoms with E-state index in [1.54, 1.807) is 0 Å². The molecule has 60 heavy (non-hydrogen) atoms. The average Bonchev–Trinajstić information content (AvgIpc) is 3.18. The Labute approximate surface area is 379 Å². The van der Waals surface area contributed by atoms with Crippen molar-refractivity contribution in [2.75, 3.05) is 13.1 Å². The van der Waals surface area contributed by atoms with Gasteiger partial charge in [0.25, 0.3) is 0 Å². The number of halogens is 1. The molecule has 0 heterocycles. The molecule has 0 unspecified atom stereocenters. The molecule has 0 bridgehead atoms. The molecular formula is C58H92ClN. The SMILES string of the molecule is CC(C)=CCC/C(C)=C/CC/C(C)=C/CC/C(C)=C/CC/C(C)=C/CC/C(C)=C/CC/C(C)=C/CC/C(C)=C/CC/C(C)=C/CC/C(C)=C/CNCCc1ccccc1.Cl. The van der Waals surface area contributed by atoms with Crippen LogP contribution in [0.1, 0.15) is 197 Å². The first-order valence-electron chi connectivity index (χ1n) is 23.6. The summed E-state index contributed by atoms with van der Waals surface area (Å²) in [5.41, 5.74) is 16.5. The van der Waals surface area contributed by atoms with Crippen LogP contribution < -0.4 is 5.32 Å². The zero-order valence-corrected chi connectivity index (χ0v) is 41.7. The van der Waals surface area contributed by atoms with E-state index in [-0.39, 0.29) is 12.4 Å². The van der Waals surface area contributed by atoms with E-state index >= 15 is 0 Å². The second kappa shape index (κ2) is 37.6. The zero-order valence-electron chi connectivity index (χ0n) is 40.9. The highest BCUT2D eigenvalue weighted by molar-refractivity contribution is 5.85. The van der Waals surface area contributed by atoms with Gasteiger partial charge in [-0.15, -0.1) is 12.4 Å². The third-order valence-electron chi connectivity index (χ3n) is 11.4. The maximum Gasteiger partial charge on any atom is 0.0137 e. The molecule has 0 aliphatic rings. The highest BCUT2D eigenvalue weighted by Crippen LogP contribution is 2.18. The summed E-state index contributed by atoms with van der Waals surface area (Å²) in [4.78, 5) is 0. The van der Waals surface area contributed by atoms with Gasteiger partial charge in [-0.2, -0.15) is 0 Å². The minimum Gasteiger partial charge on any atom is -0.313 e. The van der Waals surface area contributed by atoms with Crippen LogP contribution in [0.3, 0.4) is 0 Å². The van der Waals surface area contributed by atoms with E-state index in [9.17, 15) is 0 Å². The van der Waals surface area contributed by atoms with Gasteiger partial charge in [-0.1, -0.05) is 147 Å². The van der Waals surface area contributed by atoms with Crippen molar-refractivity contribution in [2.45, 2.75) is 198 Å². The van der Waals surface area contributed by atoms with E-state index in [1.165, 1.54) is 126 Å². The van der Waals surface area contributed by atoms with Gasteiger partial charge in [0.2, 0.25) is 0 Å². The fraction of sp³-hybridized carbons (Fsp3) is 0.552. The van der Waals surface area contributed by atoms with Crippen LogP contribution in [0, 0.1) is 0 Å². The van der Waals surface area contributed by atoms with Crippen LogP contribution in [0.2, 0.25) is 0 Å². The predicted molar refractivity (Wildman–Crippen MR) is 277 cm³/mol. The quantitative estimate of drug-likeness (QED) is 0.0563. The van der Waals surface area contributed by atoms with Crippen molar-refractivity contribution in [3.63, 3.8) is 0 Å². The molecule has 0 aromatic heterocycles. The van der Waals surface area contributed by atoms with E-state index in [2.05, 4.69) is 173 Å². The van der Waals surface area contributed by atoms with Crippen molar-refractivity contribution in [3.8, 4) is 0 Å². The first kappa shape index (κ1) is 56.9. The minimum absolute atomic E-state index is 0. The lowest BCUT2D eigenvalue weighted by atomic mass is 10.0. The summed E-state index contributed by atoms with van der Waals surface area (Å²) in [7, 11) is 0. The van der Waals surface area contributed by atoms with E-state index in [0.29, 0.717) is 0 Å². The van der Waals surface area contributed by atoms with E-state index in [1.807, 2.05) is 0 Å². The summed E-state index contributed by atoms with van der Waals surface area (Å²) in [5, 5.41) is 3.55. The van der Waals surface area contributed by atoms with Gasteiger partial charge in [0, 0.05) is 6.54 Å². The minimum atomic E-state index is 0. The third-order valence-corrected chi connectivity index (χ3v) is 11.4. The fourth-order valence-corrected chi connectivity index (χ4v) is 7.10. The van der Waals surface area contributed by atoms with Gasteiger partial charge in [0.05, 0.1) is 0 Å². The van der Waals surface area contributed by atoms with E-state index in [4.69, 9.17) is 0 Å². The molecule has 1 aromatic rings. The monoisotopic (exact) mass is 838 g/mol. The van der Waals surface area contributed by atoms with Gasteiger partial charge in [-0.3, -0.25) is 0 Å². The maximum absolute atomic E-state index is 3.55. The summed E-state index contributed by atoms with van der Waals surface area (Å²) in [6.07, 6.45) is 46.5. The molecule has 1 nitrogen and oxygen atoms in total. The normalized spacial score (nSPS) is 14.2. The highest BCUT2D eigenvalue weighted by atomic mass is 35.5. The van der Waals surface area contributed by atoms with E-state index < -0.39 is 0 Å². The Morgan fingerprint density at radius 1 is 0.350 bits per heavy atom. The van der Waals surface area contributed by atoms with Crippen molar-refractivity contribution >= 4 is 12.4 Å². The molecule has 2 heteroatoms. The Balaban J connectivity index is 0.0000348. The Morgan fingerprint density at radius 2 is 0.600 bits per heavy atom. The van der Waals surface area contributed by atoms with Crippen LogP contribution in [-0.4, -0.2) is 13.1 Å². The molecule has 0 aliphatic heterocycles. The van der Waals surface area contributed by atoms with Crippen LogP contribution in [-0.2, 0) is 6.42 Å². The van der Waals surface area contributed by atoms with Crippen molar-refractivity contribution in [3.05, 3.63) is 152 Å². The van der Waals surface area contributed by atoms with Gasteiger partial charge < -0.3 is 5.32 Å². The molecular weight excluding hydrogens is 746 g/mol. The second-order valence-corrected chi connectivity index (χ2v) is 18.0. The number of allylic oxidation sites excluding steroid dienone is 19. The van der Waals surface area contributed by atoms with Gasteiger partial charge >= 0.3 is 0 Å².